The molecule has 0 unspecified atom stereocenters. The smallest absolute Gasteiger partial charge is 0.338 e. The normalized spacial score (nSPS) is 10.3. The van der Waals surface area contributed by atoms with Crippen molar-refractivity contribution < 1.29 is 22.7 Å². The molecule has 104 valence electrons. The van der Waals surface area contributed by atoms with Crippen molar-refractivity contribution in [2.45, 2.75) is 6.61 Å². The molecule has 20 heavy (non-hydrogen) atoms. The number of rotatable bonds is 3. The zero-order chi connectivity index (χ0) is 14.7. The second-order valence-electron chi connectivity index (χ2n) is 4.09. The second-order valence-corrected chi connectivity index (χ2v) is 4.09. The Morgan fingerprint density at radius 3 is 2.50 bits per heavy atom. The Hall–Kier alpha value is -2.50. The number of nitrogens with two attached hydrogens (primary N) is 1. The molecule has 0 aliphatic rings. The van der Waals surface area contributed by atoms with Gasteiger partial charge in [0.15, 0.2) is 0 Å². The highest BCUT2D eigenvalue weighted by atomic mass is 19.1. The molecule has 0 fully saturated rings. The maximum atomic E-state index is 13.3. The van der Waals surface area contributed by atoms with E-state index in [1.165, 1.54) is 6.07 Å². The molecule has 0 atom stereocenters. The maximum Gasteiger partial charge on any atom is 0.338 e. The SMILES string of the molecule is Nc1cc(F)cc(C(=O)OCc2cc(F)ccc2F)c1. The summed E-state index contributed by atoms with van der Waals surface area (Å²) in [5.41, 5.74) is 5.25. The molecule has 0 saturated carbocycles. The first-order chi connectivity index (χ1) is 9.45. The van der Waals surface area contributed by atoms with E-state index < -0.39 is 30.0 Å². The molecule has 0 aromatic heterocycles. The van der Waals surface area contributed by atoms with Gasteiger partial charge in [-0.3, -0.25) is 0 Å². The first-order valence-electron chi connectivity index (χ1n) is 5.63. The standard InChI is InChI=1S/C14H10F3NO2/c15-10-1-2-13(17)9(4-10)7-20-14(19)8-3-11(16)6-12(18)5-8/h1-6H,7,18H2. The van der Waals surface area contributed by atoms with E-state index in [0.717, 1.165) is 30.3 Å². The Morgan fingerprint density at radius 2 is 1.80 bits per heavy atom. The molecule has 0 bridgehead atoms. The van der Waals surface area contributed by atoms with Gasteiger partial charge in [0.25, 0.3) is 0 Å². The summed E-state index contributed by atoms with van der Waals surface area (Å²) in [5, 5.41) is 0. The molecule has 0 saturated heterocycles. The summed E-state index contributed by atoms with van der Waals surface area (Å²) in [5.74, 6) is -2.90. The second kappa shape index (κ2) is 5.64. The minimum absolute atomic E-state index is 0.0638. The van der Waals surface area contributed by atoms with Gasteiger partial charge in [-0.05, 0) is 36.4 Å². The summed E-state index contributed by atoms with van der Waals surface area (Å²) < 4.78 is 44.1. The Kier molecular flexibility index (Phi) is 3.93. The number of ether oxygens (including phenoxy) is 1. The van der Waals surface area contributed by atoms with Gasteiger partial charge < -0.3 is 10.5 Å². The fourth-order valence-corrected chi connectivity index (χ4v) is 1.61. The Balaban J connectivity index is 2.10. The number of benzene rings is 2. The van der Waals surface area contributed by atoms with E-state index in [0.29, 0.717) is 0 Å². The molecule has 0 spiro atoms. The van der Waals surface area contributed by atoms with E-state index in [4.69, 9.17) is 10.5 Å². The van der Waals surface area contributed by atoms with Gasteiger partial charge in [0.1, 0.15) is 24.1 Å². The van der Waals surface area contributed by atoms with Crippen molar-refractivity contribution in [1.82, 2.24) is 0 Å². The van der Waals surface area contributed by atoms with E-state index in [9.17, 15) is 18.0 Å². The lowest BCUT2D eigenvalue weighted by Crippen LogP contribution is -2.07. The van der Waals surface area contributed by atoms with Crippen molar-refractivity contribution in [3.63, 3.8) is 0 Å². The fraction of sp³-hybridized carbons (Fsp3) is 0.0714. The predicted octanol–water partition coefficient (Wildman–Crippen LogP) is 3.04. The van der Waals surface area contributed by atoms with Gasteiger partial charge in [0.2, 0.25) is 0 Å². The molecule has 0 amide bonds. The van der Waals surface area contributed by atoms with Gasteiger partial charge >= 0.3 is 5.97 Å². The van der Waals surface area contributed by atoms with E-state index in [-0.39, 0.29) is 16.8 Å². The van der Waals surface area contributed by atoms with Crippen molar-refractivity contribution in [2.75, 3.05) is 5.73 Å². The molecule has 2 N–H and O–H groups in total. The Morgan fingerprint density at radius 1 is 1.05 bits per heavy atom. The van der Waals surface area contributed by atoms with Crippen LogP contribution in [-0.4, -0.2) is 5.97 Å². The number of hydrogen-bond donors (Lipinski definition) is 1. The average Bonchev–Trinajstić information content (AvgIpc) is 2.38. The summed E-state index contributed by atoms with van der Waals surface area (Å²) in [4.78, 5) is 11.7. The van der Waals surface area contributed by atoms with Crippen LogP contribution >= 0.6 is 0 Å². The van der Waals surface area contributed by atoms with E-state index in [2.05, 4.69) is 0 Å². The summed E-state index contributed by atoms with van der Waals surface area (Å²) in [7, 11) is 0. The van der Waals surface area contributed by atoms with Crippen LogP contribution in [0.15, 0.2) is 36.4 Å². The number of nitrogen functional groups attached to an aromatic ring is 1. The minimum Gasteiger partial charge on any atom is -0.457 e. The van der Waals surface area contributed by atoms with Crippen LogP contribution in [0.25, 0.3) is 0 Å². The van der Waals surface area contributed by atoms with Gasteiger partial charge in [-0.25, -0.2) is 18.0 Å². The van der Waals surface area contributed by atoms with Crippen LogP contribution in [-0.2, 0) is 11.3 Å². The third-order valence-corrected chi connectivity index (χ3v) is 2.52. The number of hydrogen-bond acceptors (Lipinski definition) is 3. The Labute approximate surface area is 112 Å². The molecule has 2 aromatic rings. The van der Waals surface area contributed by atoms with Crippen molar-refractivity contribution in [3.05, 3.63) is 65.0 Å². The molecule has 0 heterocycles. The third-order valence-electron chi connectivity index (χ3n) is 2.52. The average molecular weight is 281 g/mol. The maximum absolute atomic E-state index is 13.3. The van der Waals surface area contributed by atoms with Crippen LogP contribution in [0.1, 0.15) is 15.9 Å². The largest absolute Gasteiger partial charge is 0.457 e. The van der Waals surface area contributed by atoms with Gasteiger partial charge in [-0.15, -0.1) is 0 Å². The van der Waals surface area contributed by atoms with Crippen molar-refractivity contribution in [3.8, 4) is 0 Å². The quantitative estimate of drug-likeness (QED) is 0.695. The van der Waals surface area contributed by atoms with E-state index in [1.54, 1.807) is 0 Å². The first-order valence-corrected chi connectivity index (χ1v) is 5.63. The van der Waals surface area contributed by atoms with Crippen LogP contribution in [0, 0.1) is 17.5 Å². The van der Waals surface area contributed by atoms with Gasteiger partial charge in [0, 0.05) is 11.3 Å². The molecular formula is C14H10F3NO2. The predicted molar refractivity (Wildman–Crippen MR) is 66.3 cm³/mol. The van der Waals surface area contributed by atoms with Crippen LogP contribution in [0.3, 0.4) is 0 Å². The highest BCUT2D eigenvalue weighted by molar-refractivity contribution is 5.90. The van der Waals surface area contributed by atoms with Crippen LogP contribution in [0.2, 0.25) is 0 Å². The number of carbonyl (C=O) groups excluding carboxylic acids is 1. The van der Waals surface area contributed by atoms with Gasteiger partial charge in [-0.1, -0.05) is 0 Å². The van der Waals surface area contributed by atoms with Crippen LogP contribution in [0.4, 0.5) is 18.9 Å². The van der Waals surface area contributed by atoms with Crippen molar-refractivity contribution in [2.24, 2.45) is 0 Å². The molecule has 2 aromatic carbocycles. The molecule has 0 aliphatic carbocycles. The lowest BCUT2D eigenvalue weighted by molar-refractivity contribution is 0.0468. The number of carbonyl (C=O) groups is 1. The molecule has 0 aliphatic heterocycles. The van der Waals surface area contributed by atoms with Crippen LogP contribution in [0.5, 0.6) is 0 Å². The van der Waals surface area contributed by atoms with Gasteiger partial charge in [-0.2, -0.15) is 0 Å². The molecular weight excluding hydrogens is 271 g/mol. The van der Waals surface area contributed by atoms with E-state index >= 15 is 0 Å². The molecule has 0 radical (unpaired) electrons. The third kappa shape index (κ3) is 3.28. The van der Waals surface area contributed by atoms with Gasteiger partial charge in [0.05, 0.1) is 5.56 Å². The summed E-state index contributed by atoms with van der Waals surface area (Å²) >= 11 is 0. The summed E-state index contributed by atoms with van der Waals surface area (Å²) in [6.07, 6.45) is 0. The first kappa shape index (κ1) is 13.9. The zero-order valence-electron chi connectivity index (χ0n) is 10.2. The number of halogens is 3. The zero-order valence-corrected chi connectivity index (χ0v) is 10.2. The topological polar surface area (TPSA) is 52.3 Å². The van der Waals surface area contributed by atoms with Crippen molar-refractivity contribution in [1.29, 1.82) is 0 Å². The molecule has 3 nitrogen and oxygen atoms in total. The summed E-state index contributed by atoms with van der Waals surface area (Å²) in [6.45, 7) is -0.459. The van der Waals surface area contributed by atoms with E-state index in [1.807, 2.05) is 0 Å². The number of esters is 1. The minimum atomic E-state index is -0.875. The Bertz CT molecular complexity index is 639. The monoisotopic (exact) mass is 281 g/mol. The summed E-state index contributed by atoms with van der Waals surface area (Å²) in [6, 6.07) is 6.02. The van der Waals surface area contributed by atoms with Crippen molar-refractivity contribution >= 4 is 11.7 Å². The highest BCUT2D eigenvalue weighted by Crippen LogP contribution is 2.15. The highest BCUT2D eigenvalue weighted by Gasteiger charge is 2.12. The molecule has 6 heteroatoms. The fourth-order valence-electron chi connectivity index (χ4n) is 1.61. The molecule has 2 rings (SSSR count). The van der Waals surface area contributed by atoms with Crippen LogP contribution < -0.4 is 5.73 Å². The lowest BCUT2D eigenvalue weighted by Gasteiger charge is -2.07. The number of anilines is 1. The lowest BCUT2D eigenvalue weighted by atomic mass is 10.2.